The molecule has 0 aliphatic carbocycles. The molecule has 21 heavy (non-hydrogen) atoms. The smallest absolute Gasteiger partial charge is 0.326 e. The summed E-state index contributed by atoms with van der Waals surface area (Å²) in [6.07, 6.45) is 1.10. The average Bonchev–Trinajstić information content (AvgIpc) is 2.45. The third-order valence-corrected chi connectivity index (χ3v) is 3.13. The zero-order chi connectivity index (χ0) is 15.8. The zero-order valence-electron chi connectivity index (χ0n) is 12.8. The molecule has 0 aliphatic rings. The van der Waals surface area contributed by atoms with Gasteiger partial charge in [-0.25, -0.2) is 4.79 Å². The van der Waals surface area contributed by atoms with Gasteiger partial charge in [-0.2, -0.15) is 0 Å². The second kappa shape index (κ2) is 8.29. The lowest BCUT2D eigenvalue weighted by Crippen LogP contribution is -2.42. The van der Waals surface area contributed by atoms with E-state index in [-0.39, 0.29) is 6.61 Å². The van der Waals surface area contributed by atoms with Crippen LogP contribution in [0.15, 0.2) is 24.3 Å². The highest BCUT2D eigenvalue weighted by Gasteiger charge is 2.18. The molecule has 2 N–H and O–H groups in total. The molecule has 1 rings (SSSR count). The van der Waals surface area contributed by atoms with Gasteiger partial charge in [0.1, 0.15) is 11.8 Å². The summed E-state index contributed by atoms with van der Waals surface area (Å²) < 4.78 is 5.36. The van der Waals surface area contributed by atoms with Gasteiger partial charge in [0.15, 0.2) is 6.61 Å². The molecule has 1 aromatic rings. The Bertz CT molecular complexity index is 468. The van der Waals surface area contributed by atoms with Crippen LogP contribution in [0.25, 0.3) is 0 Å². The SMILES string of the molecule is CCC[C@H](NC(=O)COc1ccc(C(C)C)cc1)C(=O)O. The predicted octanol–water partition coefficient (Wildman–Crippen LogP) is 2.56. The van der Waals surface area contributed by atoms with Crippen molar-refractivity contribution in [2.24, 2.45) is 0 Å². The summed E-state index contributed by atoms with van der Waals surface area (Å²) in [5.41, 5.74) is 1.20. The minimum absolute atomic E-state index is 0.186. The Kier molecular flexibility index (Phi) is 6.72. The van der Waals surface area contributed by atoms with E-state index in [1.165, 1.54) is 5.56 Å². The Labute approximate surface area is 125 Å². The maximum atomic E-state index is 11.7. The number of rotatable bonds is 8. The van der Waals surface area contributed by atoms with Crippen LogP contribution in [0, 0.1) is 0 Å². The molecule has 0 saturated carbocycles. The third-order valence-electron chi connectivity index (χ3n) is 3.13. The van der Waals surface area contributed by atoms with Gasteiger partial charge in [-0.15, -0.1) is 0 Å². The van der Waals surface area contributed by atoms with E-state index >= 15 is 0 Å². The van der Waals surface area contributed by atoms with E-state index in [9.17, 15) is 9.59 Å². The predicted molar refractivity (Wildman–Crippen MR) is 80.5 cm³/mol. The number of hydrogen-bond donors (Lipinski definition) is 2. The summed E-state index contributed by atoms with van der Waals surface area (Å²) in [4.78, 5) is 22.6. The fraction of sp³-hybridized carbons (Fsp3) is 0.500. The van der Waals surface area contributed by atoms with Crippen LogP contribution in [0.5, 0.6) is 5.75 Å². The highest BCUT2D eigenvalue weighted by atomic mass is 16.5. The van der Waals surface area contributed by atoms with Gasteiger partial charge < -0.3 is 15.2 Å². The topological polar surface area (TPSA) is 75.6 Å². The summed E-state index contributed by atoms with van der Waals surface area (Å²) in [5, 5.41) is 11.4. The molecule has 1 aromatic carbocycles. The van der Waals surface area contributed by atoms with Crippen LogP contribution < -0.4 is 10.1 Å². The first-order valence-corrected chi connectivity index (χ1v) is 7.19. The first kappa shape index (κ1) is 17.0. The van der Waals surface area contributed by atoms with Crippen LogP contribution in [0.1, 0.15) is 45.1 Å². The largest absolute Gasteiger partial charge is 0.484 e. The zero-order valence-corrected chi connectivity index (χ0v) is 12.8. The normalized spacial score (nSPS) is 12.0. The molecule has 0 bridgehead atoms. The third kappa shape index (κ3) is 5.85. The molecule has 0 unspecified atom stereocenters. The number of hydrogen-bond acceptors (Lipinski definition) is 3. The Balaban J connectivity index is 2.46. The van der Waals surface area contributed by atoms with Gasteiger partial charge in [0.25, 0.3) is 5.91 Å². The van der Waals surface area contributed by atoms with E-state index in [0.717, 1.165) is 0 Å². The number of aliphatic carboxylic acids is 1. The summed E-state index contributed by atoms with van der Waals surface area (Å²) in [6, 6.07) is 6.67. The van der Waals surface area contributed by atoms with Crippen LogP contribution in [-0.4, -0.2) is 29.6 Å². The van der Waals surface area contributed by atoms with Crippen molar-refractivity contribution in [3.8, 4) is 5.75 Å². The second-order valence-electron chi connectivity index (χ2n) is 5.26. The Morgan fingerprint density at radius 2 is 1.86 bits per heavy atom. The van der Waals surface area contributed by atoms with Crippen LogP contribution >= 0.6 is 0 Å². The van der Waals surface area contributed by atoms with Crippen LogP contribution in [0.2, 0.25) is 0 Å². The van der Waals surface area contributed by atoms with E-state index in [0.29, 0.717) is 24.5 Å². The van der Waals surface area contributed by atoms with Crippen molar-refractivity contribution in [2.45, 2.75) is 45.6 Å². The molecule has 5 nitrogen and oxygen atoms in total. The molecule has 116 valence electrons. The van der Waals surface area contributed by atoms with Crippen molar-refractivity contribution in [1.29, 1.82) is 0 Å². The van der Waals surface area contributed by atoms with E-state index < -0.39 is 17.9 Å². The minimum atomic E-state index is -1.02. The summed E-state index contributed by atoms with van der Waals surface area (Å²) >= 11 is 0. The molecule has 0 spiro atoms. The molecule has 0 aliphatic heterocycles. The monoisotopic (exact) mass is 293 g/mol. The quantitative estimate of drug-likeness (QED) is 0.772. The van der Waals surface area contributed by atoms with E-state index in [2.05, 4.69) is 19.2 Å². The second-order valence-corrected chi connectivity index (χ2v) is 5.26. The van der Waals surface area contributed by atoms with Crippen molar-refractivity contribution in [3.63, 3.8) is 0 Å². The standard InChI is InChI=1S/C16H23NO4/c1-4-5-14(16(19)20)17-15(18)10-21-13-8-6-12(7-9-13)11(2)3/h6-9,11,14H,4-5,10H2,1-3H3,(H,17,18)(H,19,20)/t14-/m0/s1. The first-order valence-electron chi connectivity index (χ1n) is 7.19. The fourth-order valence-electron chi connectivity index (χ4n) is 1.88. The lowest BCUT2D eigenvalue weighted by atomic mass is 10.0. The lowest BCUT2D eigenvalue weighted by Gasteiger charge is -2.14. The van der Waals surface area contributed by atoms with E-state index in [1.807, 2.05) is 31.2 Å². The molecule has 0 fully saturated rings. The van der Waals surface area contributed by atoms with Gasteiger partial charge in [-0.05, 0) is 30.0 Å². The highest BCUT2D eigenvalue weighted by molar-refractivity contribution is 5.84. The van der Waals surface area contributed by atoms with Crippen molar-refractivity contribution < 1.29 is 19.4 Å². The van der Waals surface area contributed by atoms with Crippen LogP contribution in [0.4, 0.5) is 0 Å². The van der Waals surface area contributed by atoms with E-state index in [1.54, 1.807) is 0 Å². The van der Waals surface area contributed by atoms with Gasteiger partial charge in [0, 0.05) is 0 Å². The number of amides is 1. The van der Waals surface area contributed by atoms with Crippen LogP contribution in [-0.2, 0) is 9.59 Å². The van der Waals surface area contributed by atoms with Crippen molar-refractivity contribution >= 4 is 11.9 Å². The van der Waals surface area contributed by atoms with Gasteiger partial charge in [0.05, 0.1) is 0 Å². The van der Waals surface area contributed by atoms with Gasteiger partial charge in [-0.1, -0.05) is 39.3 Å². The van der Waals surface area contributed by atoms with Crippen LogP contribution in [0.3, 0.4) is 0 Å². The molecule has 0 heterocycles. The molecule has 0 saturated heterocycles. The van der Waals surface area contributed by atoms with Crippen molar-refractivity contribution in [2.75, 3.05) is 6.61 Å². The van der Waals surface area contributed by atoms with Crippen molar-refractivity contribution in [1.82, 2.24) is 5.32 Å². The summed E-state index contributed by atoms with van der Waals surface area (Å²) in [6.45, 7) is 5.88. The molecule has 5 heteroatoms. The first-order chi connectivity index (χ1) is 9.93. The molecular formula is C16H23NO4. The number of carbonyl (C=O) groups excluding carboxylic acids is 1. The molecule has 0 aromatic heterocycles. The molecule has 0 radical (unpaired) electrons. The fourth-order valence-corrected chi connectivity index (χ4v) is 1.88. The minimum Gasteiger partial charge on any atom is -0.484 e. The van der Waals surface area contributed by atoms with Gasteiger partial charge in [-0.3, -0.25) is 4.79 Å². The number of carboxylic acid groups (broad SMARTS) is 1. The Morgan fingerprint density at radius 3 is 2.33 bits per heavy atom. The number of benzene rings is 1. The number of carboxylic acids is 1. The Morgan fingerprint density at radius 1 is 1.24 bits per heavy atom. The number of ether oxygens (including phenoxy) is 1. The lowest BCUT2D eigenvalue weighted by molar-refractivity contribution is -0.142. The number of carbonyl (C=O) groups is 2. The summed E-state index contributed by atoms with van der Waals surface area (Å²) in [7, 11) is 0. The summed E-state index contributed by atoms with van der Waals surface area (Å²) in [5.74, 6) is -0.417. The van der Waals surface area contributed by atoms with Gasteiger partial charge >= 0.3 is 5.97 Å². The molecular weight excluding hydrogens is 270 g/mol. The van der Waals surface area contributed by atoms with E-state index in [4.69, 9.17) is 9.84 Å². The maximum Gasteiger partial charge on any atom is 0.326 e. The van der Waals surface area contributed by atoms with Gasteiger partial charge in [0.2, 0.25) is 0 Å². The molecule has 1 amide bonds. The average molecular weight is 293 g/mol. The maximum absolute atomic E-state index is 11.7. The van der Waals surface area contributed by atoms with Crippen molar-refractivity contribution in [3.05, 3.63) is 29.8 Å². The number of nitrogens with one attached hydrogen (secondary N) is 1. The highest BCUT2D eigenvalue weighted by Crippen LogP contribution is 2.18. The Hall–Kier alpha value is -2.04. The molecule has 1 atom stereocenters.